The molecular formula is C16H20ClNO. The van der Waals surface area contributed by atoms with Crippen LogP contribution in [0.5, 0.6) is 0 Å². The second kappa shape index (κ2) is 5.54. The van der Waals surface area contributed by atoms with Crippen LogP contribution in [0.25, 0.3) is 0 Å². The van der Waals surface area contributed by atoms with Gasteiger partial charge in [0.1, 0.15) is 0 Å². The summed E-state index contributed by atoms with van der Waals surface area (Å²) < 4.78 is 0. The maximum absolute atomic E-state index is 12.4. The van der Waals surface area contributed by atoms with Crippen LogP contribution in [-0.4, -0.2) is 11.8 Å². The van der Waals surface area contributed by atoms with Crippen LogP contribution in [-0.2, 0) is 4.79 Å². The number of carbonyl (C=O) groups excluding carboxylic acids is 1. The van der Waals surface area contributed by atoms with E-state index in [0.717, 1.165) is 17.9 Å². The van der Waals surface area contributed by atoms with E-state index in [0.29, 0.717) is 11.8 Å². The van der Waals surface area contributed by atoms with E-state index in [2.05, 4.69) is 5.32 Å². The van der Waals surface area contributed by atoms with E-state index >= 15 is 0 Å². The SMILES string of the molecule is O=C(NC(CCl)c1ccccc1)C1CC2CCC1C2. The van der Waals surface area contributed by atoms with Gasteiger partial charge in [0.05, 0.1) is 6.04 Å². The van der Waals surface area contributed by atoms with Crippen LogP contribution in [0.4, 0.5) is 0 Å². The van der Waals surface area contributed by atoms with E-state index in [9.17, 15) is 4.79 Å². The van der Waals surface area contributed by atoms with Crippen molar-refractivity contribution in [1.82, 2.24) is 5.32 Å². The quantitative estimate of drug-likeness (QED) is 0.839. The van der Waals surface area contributed by atoms with Gasteiger partial charge < -0.3 is 5.32 Å². The number of rotatable bonds is 4. The van der Waals surface area contributed by atoms with Gasteiger partial charge in [0.2, 0.25) is 5.91 Å². The Morgan fingerprint density at radius 3 is 2.63 bits per heavy atom. The molecule has 4 unspecified atom stereocenters. The second-order valence-electron chi connectivity index (χ2n) is 5.91. The molecule has 3 heteroatoms. The van der Waals surface area contributed by atoms with Crippen LogP contribution in [0.2, 0.25) is 0 Å². The highest BCUT2D eigenvalue weighted by atomic mass is 35.5. The van der Waals surface area contributed by atoms with Crippen molar-refractivity contribution < 1.29 is 4.79 Å². The van der Waals surface area contributed by atoms with Crippen LogP contribution < -0.4 is 5.32 Å². The van der Waals surface area contributed by atoms with Crippen molar-refractivity contribution in [3.05, 3.63) is 35.9 Å². The third-order valence-corrected chi connectivity index (χ3v) is 5.06. The zero-order valence-electron chi connectivity index (χ0n) is 11.0. The maximum Gasteiger partial charge on any atom is 0.223 e. The zero-order valence-corrected chi connectivity index (χ0v) is 11.8. The molecule has 1 aromatic rings. The highest BCUT2D eigenvalue weighted by Gasteiger charge is 2.43. The second-order valence-corrected chi connectivity index (χ2v) is 6.22. The molecule has 2 fully saturated rings. The molecule has 1 amide bonds. The Morgan fingerprint density at radius 1 is 1.26 bits per heavy atom. The summed E-state index contributed by atoms with van der Waals surface area (Å²) in [5.74, 6) is 2.29. The van der Waals surface area contributed by atoms with Crippen molar-refractivity contribution in [3.63, 3.8) is 0 Å². The Morgan fingerprint density at radius 2 is 2.05 bits per heavy atom. The average Bonchev–Trinajstić information content (AvgIpc) is 3.08. The number of halogens is 1. The topological polar surface area (TPSA) is 29.1 Å². The van der Waals surface area contributed by atoms with E-state index in [4.69, 9.17) is 11.6 Å². The lowest BCUT2D eigenvalue weighted by molar-refractivity contribution is -0.127. The summed E-state index contributed by atoms with van der Waals surface area (Å²) in [7, 11) is 0. The van der Waals surface area contributed by atoms with Crippen molar-refractivity contribution in [3.8, 4) is 0 Å². The van der Waals surface area contributed by atoms with Crippen molar-refractivity contribution in [1.29, 1.82) is 0 Å². The predicted octanol–water partition coefficient (Wildman–Crippen LogP) is 3.52. The molecule has 2 saturated carbocycles. The minimum absolute atomic E-state index is 0.0607. The summed E-state index contributed by atoms with van der Waals surface area (Å²) >= 11 is 6.02. The number of carbonyl (C=O) groups is 1. The van der Waals surface area contributed by atoms with Crippen LogP contribution >= 0.6 is 11.6 Å². The summed E-state index contributed by atoms with van der Waals surface area (Å²) in [6.07, 6.45) is 4.90. The van der Waals surface area contributed by atoms with Gasteiger partial charge in [-0.25, -0.2) is 0 Å². The van der Waals surface area contributed by atoms with Gasteiger partial charge >= 0.3 is 0 Å². The third kappa shape index (κ3) is 2.64. The lowest BCUT2D eigenvalue weighted by atomic mass is 9.88. The van der Waals surface area contributed by atoms with Gasteiger partial charge in [-0.1, -0.05) is 36.8 Å². The first-order chi connectivity index (χ1) is 9.28. The summed E-state index contributed by atoms with van der Waals surface area (Å²) in [5.41, 5.74) is 1.09. The number of hydrogen-bond acceptors (Lipinski definition) is 1. The fourth-order valence-electron chi connectivity index (χ4n) is 3.74. The Hall–Kier alpha value is -1.02. The molecule has 102 valence electrons. The monoisotopic (exact) mass is 277 g/mol. The van der Waals surface area contributed by atoms with Gasteiger partial charge in [0.25, 0.3) is 0 Å². The van der Waals surface area contributed by atoms with Crippen molar-refractivity contribution in [2.45, 2.75) is 31.7 Å². The number of hydrogen-bond donors (Lipinski definition) is 1. The van der Waals surface area contributed by atoms with E-state index in [1.54, 1.807) is 0 Å². The molecule has 19 heavy (non-hydrogen) atoms. The van der Waals surface area contributed by atoms with E-state index in [1.807, 2.05) is 30.3 Å². The molecule has 0 heterocycles. The molecule has 0 spiro atoms. The van der Waals surface area contributed by atoms with E-state index in [1.165, 1.54) is 19.3 Å². The summed E-state index contributed by atoms with van der Waals surface area (Å²) in [4.78, 5) is 12.4. The molecule has 2 bridgehead atoms. The zero-order chi connectivity index (χ0) is 13.2. The smallest absolute Gasteiger partial charge is 0.223 e. The molecule has 0 saturated heterocycles. The maximum atomic E-state index is 12.4. The van der Waals surface area contributed by atoms with Gasteiger partial charge in [-0.15, -0.1) is 11.6 Å². The first-order valence-electron chi connectivity index (χ1n) is 7.19. The Bertz CT molecular complexity index is 447. The fourth-order valence-corrected chi connectivity index (χ4v) is 4.00. The van der Waals surface area contributed by atoms with Crippen LogP contribution in [0.15, 0.2) is 30.3 Å². The van der Waals surface area contributed by atoms with Gasteiger partial charge in [0.15, 0.2) is 0 Å². The van der Waals surface area contributed by atoms with Crippen molar-refractivity contribution in [2.24, 2.45) is 17.8 Å². The number of benzene rings is 1. The van der Waals surface area contributed by atoms with Crippen LogP contribution in [0, 0.1) is 17.8 Å². The number of alkyl halides is 1. The summed E-state index contributed by atoms with van der Waals surface area (Å²) in [6, 6.07) is 9.93. The molecule has 2 aliphatic carbocycles. The average molecular weight is 278 g/mol. The Labute approximate surface area is 119 Å². The molecule has 0 aliphatic heterocycles. The van der Waals surface area contributed by atoms with Crippen molar-refractivity contribution in [2.75, 3.05) is 5.88 Å². The number of fused-ring (bicyclic) bond motifs is 2. The standard InChI is InChI=1S/C16H20ClNO/c17-10-15(12-4-2-1-3-5-12)18-16(19)14-9-11-6-7-13(14)8-11/h1-5,11,13-15H,6-10H2,(H,18,19). The summed E-state index contributed by atoms with van der Waals surface area (Å²) in [5, 5.41) is 3.14. The predicted molar refractivity (Wildman–Crippen MR) is 77.0 cm³/mol. The lowest BCUT2D eigenvalue weighted by Gasteiger charge is -2.24. The summed E-state index contributed by atoms with van der Waals surface area (Å²) in [6.45, 7) is 0. The highest BCUT2D eigenvalue weighted by Crippen LogP contribution is 2.48. The molecule has 1 aromatic carbocycles. The van der Waals surface area contributed by atoms with Crippen LogP contribution in [0.3, 0.4) is 0 Å². The minimum atomic E-state index is -0.0607. The van der Waals surface area contributed by atoms with Gasteiger partial charge in [-0.3, -0.25) is 4.79 Å². The fraction of sp³-hybridized carbons (Fsp3) is 0.562. The number of amides is 1. The third-order valence-electron chi connectivity index (χ3n) is 4.75. The highest BCUT2D eigenvalue weighted by molar-refractivity contribution is 6.18. The molecule has 3 rings (SSSR count). The van der Waals surface area contributed by atoms with Gasteiger partial charge in [-0.2, -0.15) is 0 Å². The first-order valence-corrected chi connectivity index (χ1v) is 7.72. The molecule has 0 radical (unpaired) electrons. The largest absolute Gasteiger partial charge is 0.348 e. The van der Waals surface area contributed by atoms with Gasteiger partial charge in [0, 0.05) is 11.8 Å². The minimum Gasteiger partial charge on any atom is -0.348 e. The molecular weight excluding hydrogens is 258 g/mol. The number of nitrogens with one attached hydrogen (secondary N) is 1. The molecule has 0 aromatic heterocycles. The molecule has 4 atom stereocenters. The van der Waals surface area contributed by atoms with Gasteiger partial charge in [-0.05, 0) is 36.7 Å². The molecule has 2 aliphatic rings. The lowest BCUT2D eigenvalue weighted by Crippen LogP contribution is -2.37. The van der Waals surface area contributed by atoms with Crippen molar-refractivity contribution >= 4 is 17.5 Å². The van der Waals surface area contributed by atoms with Crippen LogP contribution in [0.1, 0.15) is 37.3 Å². The Balaban J connectivity index is 1.65. The Kier molecular flexibility index (Phi) is 3.79. The molecule has 2 nitrogen and oxygen atoms in total. The molecule has 1 N–H and O–H groups in total. The van der Waals surface area contributed by atoms with E-state index in [-0.39, 0.29) is 17.9 Å². The van der Waals surface area contributed by atoms with E-state index < -0.39 is 0 Å². The normalized spacial score (nSPS) is 30.3. The first kappa shape index (κ1) is 13.0.